The molecule has 0 saturated heterocycles. The average molecular weight is 453 g/mol. The number of hydrogen-bond donors (Lipinski definition) is 2. The second-order valence-electron chi connectivity index (χ2n) is 8.36. The molecule has 0 aliphatic rings. The highest BCUT2D eigenvalue weighted by Gasteiger charge is 2.24. The Hall–Kier alpha value is -3.24. The Labute approximate surface area is 185 Å². The lowest BCUT2D eigenvalue weighted by Gasteiger charge is -2.20. The van der Waals surface area contributed by atoms with Crippen molar-refractivity contribution in [2.75, 3.05) is 11.9 Å². The molecule has 2 rings (SSSR count). The smallest absolute Gasteiger partial charge is 0.407 e. The Bertz CT molecular complexity index is 927. The average Bonchev–Trinajstić information content (AvgIpc) is 3.16. The van der Waals surface area contributed by atoms with E-state index in [1.54, 1.807) is 20.8 Å². The molecule has 32 heavy (non-hydrogen) atoms. The summed E-state index contributed by atoms with van der Waals surface area (Å²) in [5.74, 6) is -0.0556. The van der Waals surface area contributed by atoms with E-state index >= 15 is 0 Å². The molecule has 0 bridgehead atoms. The first-order valence-electron chi connectivity index (χ1n) is 10.3. The molecule has 1 unspecified atom stereocenters. The minimum absolute atomic E-state index is 0.0556. The van der Waals surface area contributed by atoms with Gasteiger partial charge >= 0.3 is 12.6 Å². The van der Waals surface area contributed by atoms with Crippen LogP contribution in [0.2, 0.25) is 0 Å². The fourth-order valence-electron chi connectivity index (χ4n) is 3.11. The number of imidazole rings is 1. The third kappa shape index (κ3) is 7.17. The maximum atomic E-state index is 13.3. The Morgan fingerprint density at radius 2 is 2.03 bits per heavy atom. The lowest BCUT2D eigenvalue weighted by Crippen LogP contribution is -2.33. The summed E-state index contributed by atoms with van der Waals surface area (Å²) in [6, 6.07) is 4.09. The first kappa shape index (κ1) is 25.0. The summed E-state index contributed by atoms with van der Waals surface area (Å²) in [7, 11) is 0. The number of nitrogens with one attached hydrogen (secondary N) is 2. The molecular weight excluding hydrogens is 424 g/mol. The van der Waals surface area contributed by atoms with E-state index in [4.69, 9.17) is 4.74 Å². The number of unbranched alkanes of at least 4 members (excludes halogenated alkanes) is 1. The second kappa shape index (κ2) is 10.9. The maximum absolute atomic E-state index is 13.3. The van der Waals surface area contributed by atoms with Gasteiger partial charge in [-0.2, -0.15) is 8.78 Å². The van der Waals surface area contributed by atoms with Gasteiger partial charge in [0.15, 0.2) is 0 Å². The van der Waals surface area contributed by atoms with Crippen molar-refractivity contribution in [2.24, 2.45) is 0 Å². The van der Waals surface area contributed by atoms with Gasteiger partial charge in [-0.25, -0.2) is 9.78 Å². The molecule has 176 valence electrons. The number of carbonyl (C=O) groups excluding carboxylic acids is 1. The molecular formula is C21H29F2N5O4. The second-order valence-corrected chi connectivity index (χ2v) is 8.36. The van der Waals surface area contributed by atoms with Crippen molar-refractivity contribution in [1.29, 1.82) is 0 Å². The van der Waals surface area contributed by atoms with Crippen LogP contribution in [-0.2, 0) is 4.74 Å². The molecule has 0 saturated carbocycles. The largest absolute Gasteiger partial charge is 0.444 e. The fourth-order valence-corrected chi connectivity index (χ4v) is 3.11. The predicted octanol–water partition coefficient (Wildman–Crippen LogP) is 5.35. The van der Waals surface area contributed by atoms with Gasteiger partial charge in [-0.15, -0.1) is 0 Å². The molecule has 0 spiro atoms. The standard InChI is InChI=1S/C21H29F2N5O4/c1-14(8-5-6-11-25-20(29)32-21(2,3)4)26-17-15(9-7-10-16(17)28(30)31)18-24-12-13-27(18)19(22)23/h7,9-10,12-14,19,26H,5-6,8,11H2,1-4H3,(H,25,29). The minimum atomic E-state index is -2.82. The zero-order valence-electron chi connectivity index (χ0n) is 18.6. The number of para-hydroxylation sites is 1. The monoisotopic (exact) mass is 453 g/mol. The van der Waals surface area contributed by atoms with Crippen LogP contribution in [0.1, 0.15) is 53.5 Å². The topological polar surface area (TPSA) is 111 Å². The van der Waals surface area contributed by atoms with E-state index in [-0.39, 0.29) is 28.8 Å². The van der Waals surface area contributed by atoms with Gasteiger partial charge in [0.05, 0.1) is 4.92 Å². The van der Waals surface area contributed by atoms with Gasteiger partial charge in [-0.1, -0.05) is 6.07 Å². The van der Waals surface area contributed by atoms with Crippen molar-refractivity contribution in [2.45, 2.75) is 65.1 Å². The number of nitro benzene ring substituents is 1. The molecule has 1 heterocycles. The van der Waals surface area contributed by atoms with Gasteiger partial charge in [0.1, 0.15) is 17.1 Å². The Kier molecular flexibility index (Phi) is 8.50. The normalized spacial score (nSPS) is 12.5. The number of benzene rings is 1. The molecule has 0 aliphatic carbocycles. The summed E-state index contributed by atoms with van der Waals surface area (Å²) in [5, 5.41) is 17.3. The van der Waals surface area contributed by atoms with Gasteiger partial charge in [-0.3, -0.25) is 14.7 Å². The van der Waals surface area contributed by atoms with E-state index in [2.05, 4.69) is 15.6 Å². The molecule has 1 atom stereocenters. The maximum Gasteiger partial charge on any atom is 0.407 e. The van der Waals surface area contributed by atoms with Crippen LogP contribution in [0.15, 0.2) is 30.6 Å². The van der Waals surface area contributed by atoms with Crippen molar-refractivity contribution in [3.8, 4) is 11.4 Å². The van der Waals surface area contributed by atoms with Gasteiger partial charge in [0, 0.05) is 36.6 Å². The molecule has 1 aromatic heterocycles. The van der Waals surface area contributed by atoms with E-state index in [1.165, 1.54) is 24.4 Å². The molecule has 2 N–H and O–H groups in total. The fraction of sp³-hybridized carbons (Fsp3) is 0.524. The molecule has 11 heteroatoms. The van der Waals surface area contributed by atoms with Gasteiger partial charge in [-0.05, 0) is 53.0 Å². The van der Waals surface area contributed by atoms with Gasteiger partial charge in [0.25, 0.3) is 5.69 Å². The number of amides is 1. The number of hydrogen-bond acceptors (Lipinski definition) is 6. The number of carbonyl (C=O) groups is 1. The van der Waals surface area contributed by atoms with Gasteiger partial charge < -0.3 is 15.4 Å². The molecule has 0 fully saturated rings. The molecule has 0 aliphatic heterocycles. The number of rotatable bonds is 10. The molecule has 1 aromatic carbocycles. The summed E-state index contributed by atoms with van der Waals surface area (Å²) in [6.45, 7) is 4.81. The quantitative estimate of drug-likeness (QED) is 0.285. The number of halogens is 2. The zero-order valence-corrected chi connectivity index (χ0v) is 18.6. The molecule has 9 nitrogen and oxygen atoms in total. The van der Waals surface area contributed by atoms with Crippen molar-refractivity contribution in [3.05, 3.63) is 40.7 Å². The van der Waals surface area contributed by atoms with Crippen LogP contribution in [0.25, 0.3) is 11.4 Å². The Balaban J connectivity index is 2.03. The van der Waals surface area contributed by atoms with Crippen LogP contribution in [0, 0.1) is 10.1 Å². The number of aromatic nitrogens is 2. The van der Waals surface area contributed by atoms with Crippen molar-refractivity contribution in [3.63, 3.8) is 0 Å². The predicted molar refractivity (Wildman–Crippen MR) is 117 cm³/mol. The van der Waals surface area contributed by atoms with Crippen molar-refractivity contribution >= 4 is 17.5 Å². The number of nitrogens with zero attached hydrogens (tertiary/aromatic N) is 3. The van der Waals surface area contributed by atoms with Crippen LogP contribution in [0.3, 0.4) is 0 Å². The molecule has 0 radical (unpaired) electrons. The lowest BCUT2D eigenvalue weighted by molar-refractivity contribution is -0.383. The highest BCUT2D eigenvalue weighted by atomic mass is 19.3. The summed E-state index contributed by atoms with van der Waals surface area (Å²) < 4.78 is 32.5. The highest BCUT2D eigenvalue weighted by molar-refractivity contribution is 5.81. The van der Waals surface area contributed by atoms with E-state index in [0.29, 0.717) is 24.0 Å². The SMILES string of the molecule is CC(CCCCNC(=O)OC(C)(C)C)Nc1c(-c2nccn2C(F)F)cccc1[N+](=O)[O-]. The van der Waals surface area contributed by atoms with E-state index in [9.17, 15) is 23.7 Å². The summed E-state index contributed by atoms with van der Waals surface area (Å²) in [4.78, 5) is 26.6. The Morgan fingerprint density at radius 3 is 2.66 bits per heavy atom. The first-order valence-corrected chi connectivity index (χ1v) is 10.3. The number of ether oxygens (including phenoxy) is 1. The number of anilines is 1. The number of alkyl halides is 2. The summed E-state index contributed by atoms with van der Waals surface area (Å²) >= 11 is 0. The van der Waals surface area contributed by atoms with Crippen LogP contribution in [-0.4, -0.2) is 38.8 Å². The summed E-state index contributed by atoms with van der Waals surface area (Å²) in [5.41, 5.74) is -0.415. The van der Waals surface area contributed by atoms with E-state index in [1.807, 2.05) is 6.92 Å². The minimum Gasteiger partial charge on any atom is -0.444 e. The third-order valence-electron chi connectivity index (χ3n) is 4.48. The van der Waals surface area contributed by atoms with E-state index in [0.717, 1.165) is 12.6 Å². The van der Waals surface area contributed by atoms with E-state index < -0.39 is 23.2 Å². The number of alkyl carbamates (subject to hydrolysis) is 1. The van der Waals surface area contributed by atoms with Crippen LogP contribution in [0.5, 0.6) is 0 Å². The summed E-state index contributed by atoms with van der Waals surface area (Å²) in [6.07, 6.45) is 3.93. The molecule has 1 amide bonds. The van der Waals surface area contributed by atoms with Crippen LogP contribution >= 0.6 is 0 Å². The van der Waals surface area contributed by atoms with Crippen molar-refractivity contribution in [1.82, 2.24) is 14.9 Å². The van der Waals surface area contributed by atoms with Crippen molar-refractivity contribution < 1.29 is 23.2 Å². The lowest BCUT2D eigenvalue weighted by atomic mass is 10.1. The Morgan fingerprint density at radius 1 is 1.31 bits per heavy atom. The highest BCUT2D eigenvalue weighted by Crippen LogP contribution is 2.36. The third-order valence-corrected chi connectivity index (χ3v) is 4.48. The van der Waals surface area contributed by atoms with Crippen LogP contribution in [0.4, 0.5) is 25.0 Å². The van der Waals surface area contributed by atoms with Gasteiger partial charge in [0.2, 0.25) is 0 Å². The number of nitro groups is 1. The van der Waals surface area contributed by atoms with Crippen LogP contribution < -0.4 is 10.6 Å². The first-order chi connectivity index (χ1) is 15.0. The zero-order chi connectivity index (χ0) is 23.9. The molecule has 2 aromatic rings.